The maximum absolute atomic E-state index is 11.8. The Bertz CT molecular complexity index is 578. The van der Waals surface area contributed by atoms with Crippen LogP contribution in [0.4, 0.5) is 0 Å². The van der Waals surface area contributed by atoms with Gasteiger partial charge in [-0.3, -0.25) is 4.79 Å². The Kier molecular flexibility index (Phi) is 5.24. The summed E-state index contributed by atoms with van der Waals surface area (Å²) >= 11 is 4.23. The van der Waals surface area contributed by atoms with Gasteiger partial charge in [-0.05, 0) is 42.2 Å². The maximum Gasteiger partial charge on any atom is 0.224 e. The molecule has 0 spiro atoms. The molecule has 2 aromatic carbocycles. The third-order valence-electron chi connectivity index (χ3n) is 3.28. The summed E-state index contributed by atoms with van der Waals surface area (Å²) in [7, 11) is 0. The molecule has 1 N–H and O–H groups in total. The summed E-state index contributed by atoms with van der Waals surface area (Å²) in [5.74, 6) is 0.0606. The molecule has 0 fully saturated rings. The van der Waals surface area contributed by atoms with Crippen LogP contribution in [-0.2, 0) is 17.6 Å². The minimum Gasteiger partial charge on any atom is -0.355 e. The number of hydrogen-bond acceptors (Lipinski definition) is 2. The summed E-state index contributed by atoms with van der Waals surface area (Å²) in [5, 5.41) is 2.96. The first-order valence-corrected chi connectivity index (χ1v) is 7.19. The van der Waals surface area contributed by atoms with E-state index in [1.54, 1.807) is 0 Å². The van der Waals surface area contributed by atoms with E-state index >= 15 is 0 Å². The molecular formula is C17H19NOS. The zero-order valence-corrected chi connectivity index (χ0v) is 12.5. The Balaban J connectivity index is 1.78. The van der Waals surface area contributed by atoms with Crippen molar-refractivity contribution < 1.29 is 4.79 Å². The van der Waals surface area contributed by atoms with Gasteiger partial charge in [0.25, 0.3) is 0 Å². The largest absolute Gasteiger partial charge is 0.355 e. The maximum atomic E-state index is 11.8. The van der Waals surface area contributed by atoms with Gasteiger partial charge in [0.1, 0.15) is 0 Å². The smallest absolute Gasteiger partial charge is 0.224 e. The fraction of sp³-hybridized carbons (Fsp3) is 0.235. The first-order chi connectivity index (χ1) is 9.65. The highest BCUT2D eigenvalue weighted by atomic mass is 32.1. The normalized spacial score (nSPS) is 10.3. The third kappa shape index (κ3) is 4.42. The second-order valence-corrected chi connectivity index (χ2v) is 5.39. The summed E-state index contributed by atoms with van der Waals surface area (Å²) in [5.41, 5.74) is 3.56. The Morgan fingerprint density at radius 2 is 1.80 bits per heavy atom. The molecule has 104 valence electrons. The third-order valence-corrected chi connectivity index (χ3v) is 3.58. The summed E-state index contributed by atoms with van der Waals surface area (Å²) in [6.45, 7) is 2.77. The predicted molar refractivity (Wildman–Crippen MR) is 85.3 cm³/mol. The molecule has 0 aliphatic heterocycles. The van der Waals surface area contributed by atoms with Crippen LogP contribution in [0.1, 0.15) is 16.7 Å². The van der Waals surface area contributed by atoms with Gasteiger partial charge in [0, 0.05) is 11.4 Å². The van der Waals surface area contributed by atoms with Crippen molar-refractivity contribution in [1.29, 1.82) is 0 Å². The van der Waals surface area contributed by atoms with Crippen LogP contribution in [0.2, 0.25) is 0 Å². The van der Waals surface area contributed by atoms with Crippen LogP contribution in [-0.4, -0.2) is 12.5 Å². The van der Waals surface area contributed by atoms with Gasteiger partial charge >= 0.3 is 0 Å². The van der Waals surface area contributed by atoms with Gasteiger partial charge in [-0.15, -0.1) is 12.6 Å². The fourth-order valence-electron chi connectivity index (χ4n) is 2.09. The zero-order valence-electron chi connectivity index (χ0n) is 11.6. The van der Waals surface area contributed by atoms with Gasteiger partial charge in [-0.1, -0.05) is 36.4 Å². The molecule has 2 rings (SSSR count). The van der Waals surface area contributed by atoms with Crippen molar-refractivity contribution in [3.05, 3.63) is 65.2 Å². The number of benzene rings is 2. The van der Waals surface area contributed by atoms with E-state index in [0.717, 1.165) is 16.9 Å². The average Bonchev–Trinajstić information content (AvgIpc) is 2.43. The van der Waals surface area contributed by atoms with Crippen molar-refractivity contribution >= 4 is 18.5 Å². The first-order valence-electron chi connectivity index (χ1n) is 6.74. The molecule has 2 aromatic rings. The summed E-state index contributed by atoms with van der Waals surface area (Å²) in [6, 6.07) is 15.9. The standard InChI is InChI=1S/C17H19NOS/c1-13-4-2-3-5-15(13)10-11-18-17(19)12-14-6-8-16(20)9-7-14/h2-9,20H,10-12H2,1H3,(H,18,19). The van der Waals surface area contributed by atoms with Gasteiger partial charge in [0.15, 0.2) is 0 Å². The van der Waals surface area contributed by atoms with E-state index in [1.807, 2.05) is 36.4 Å². The van der Waals surface area contributed by atoms with Crippen molar-refractivity contribution in [1.82, 2.24) is 5.32 Å². The molecule has 0 unspecified atom stereocenters. The van der Waals surface area contributed by atoms with E-state index in [2.05, 4.69) is 37.0 Å². The molecule has 0 heterocycles. The van der Waals surface area contributed by atoms with Crippen molar-refractivity contribution in [2.75, 3.05) is 6.54 Å². The van der Waals surface area contributed by atoms with Crippen LogP contribution in [0.25, 0.3) is 0 Å². The van der Waals surface area contributed by atoms with E-state index < -0.39 is 0 Å². The molecule has 0 aliphatic carbocycles. The van der Waals surface area contributed by atoms with Crippen LogP contribution in [0.5, 0.6) is 0 Å². The van der Waals surface area contributed by atoms with Crippen LogP contribution in [0.15, 0.2) is 53.4 Å². The van der Waals surface area contributed by atoms with Crippen molar-refractivity contribution in [2.45, 2.75) is 24.7 Å². The highest BCUT2D eigenvalue weighted by Gasteiger charge is 2.03. The number of carbonyl (C=O) groups is 1. The van der Waals surface area contributed by atoms with E-state index in [0.29, 0.717) is 13.0 Å². The first kappa shape index (κ1) is 14.7. The molecule has 20 heavy (non-hydrogen) atoms. The molecule has 0 radical (unpaired) electrons. The lowest BCUT2D eigenvalue weighted by Gasteiger charge is -2.07. The fourth-order valence-corrected chi connectivity index (χ4v) is 2.24. The molecule has 1 amide bonds. The van der Waals surface area contributed by atoms with E-state index in [4.69, 9.17) is 0 Å². The average molecular weight is 285 g/mol. The van der Waals surface area contributed by atoms with Gasteiger partial charge < -0.3 is 5.32 Å². The van der Waals surface area contributed by atoms with Crippen LogP contribution < -0.4 is 5.32 Å². The lowest BCUT2D eigenvalue weighted by atomic mass is 10.1. The molecule has 0 atom stereocenters. The number of aryl methyl sites for hydroxylation is 1. The lowest BCUT2D eigenvalue weighted by molar-refractivity contribution is -0.120. The zero-order chi connectivity index (χ0) is 14.4. The monoisotopic (exact) mass is 285 g/mol. The number of nitrogens with one attached hydrogen (secondary N) is 1. The molecule has 0 aliphatic rings. The Hall–Kier alpha value is -1.74. The van der Waals surface area contributed by atoms with Crippen LogP contribution in [0.3, 0.4) is 0 Å². The number of rotatable bonds is 5. The van der Waals surface area contributed by atoms with Gasteiger partial charge in [-0.25, -0.2) is 0 Å². The number of thiol groups is 1. The topological polar surface area (TPSA) is 29.1 Å². The number of hydrogen-bond donors (Lipinski definition) is 2. The Labute approximate surface area is 125 Å². The quantitative estimate of drug-likeness (QED) is 0.812. The molecule has 0 aromatic heterocycles. The van der Waals surface area contributed by atoms with Crippen LogP contribution in [0, 0.1) is 6.92 Å². The highest BCUT2D eigenvalue weighted by Crippen LogP contribution is 2.09. The predicted octanol–water partition coefficient (Wildman–Crippen LogP) is 3.19. The highest BCUT2D eigenvalue weighted by molar-refractivity contribution is 7.80. The SMILES string of the molecule is Cc1ccccc1CCNC(=O)Cc1ccc(S)cc1. The number of amides is 1. The Morgan fingerprint density at radius 3 is 2.50 bits per heavy atom. The number of carbonyl (C=O) groups excluding carboxylic acids is 1. The van der Waals surface area contributed by atoms with E-state index in [9.17, 15) is 4.79 Å². The second kappa shape index (κ2) is 7.15. The minimum absolute atomic E-state index is 0.0606. The molecule has 3 heteroatoms. The van der Waals surface area contributed by atoms with Gasteiger partial charge in [0.2, 0.25) is 5.91 Å². The van der Waals surface area contributed by atoms with Gasteiger partial charge in [0.05, 0.1) is 6.42 Å². The molecule has 2 nitrogen and oxygen atoms in total. The second-order valence-electron chi connectivity index (χ2n) is 4.87. The van der Waals surface area contributed by atoms with Crippen molar-refractivity contribution in [2.24, 2.45) is 0 Å². The van der Waals surface area contributed by atoms with Crippen molar-refractivity contribution in [3.63, 3.8) is 0 Å². The molecule has 0 saturated heterocycles. The summed E-state index contributed by atoms with van der Waals surface area (Å²) < 4.78 is 0. The molecule has 0 bridgehead atoms. The minimum atomic E-state index is 0.0606. The molecule has 0 saturated carbocycles. The van der Waals surface area contributed by atoms with E-state index in [1.165, 1.54) is 11.1 Å². The van der Waals surface area contributed by atoms with Crippen LogP contribution >= 0.6 is 12.6 Å². The lowest BCUT2D eigenvalue weighted by Crippen LogP contribution is -2.27. The Morgan fingerprint density at radius 1 is 1.10 bits per heavy atom. The van der Waals surface area contributed by atoms with Gasteiger partial charge in [-0.2, -0.15) is 0 Å². The summed E-state index contributed by atoms with van der Waals surface area (Å²) in [6.07, 6.45) is 1.29. The van der Waals surface area contributed by atoms with E-state index in [-0.39, 0.29) is 5.91 Å². The molecular weight excluding hydrogens is 266 g/mol. The van der Waals surface area contributed by atoms with Crippen molar-refractivity contribution in [3.8, 4) is 0 Å². The summed E-state index contributed by atoms with van der Waals surface area (Å²) in [4.78, 5) is 12.8.